The Morgan fingerprint density at radius 2 is 2.31 bits per heavy atom. The summed E-state index contributed by atoms with van der Waals surface area (Å²) in [5, 5.41) is 18.1. The summed E-state index contributed by atoms with van der Waals surface area (Å²) >= 11 is 0. The summed E-state index contributed by atoms with van der Waals surface area (Å²) in [6, 6.07) is 3.23. The molecule has 0 saturated heterocycles. The van der Waals surface area contributed by atoms with Crippen molar-refractivity contribution in [3.8, 4) is 11.5 Å². The topological polar surface area (TPSA) is 94.4 Å². The standard InChI is InChI=1S/C10H13NO4.ClH/c1-15-9-5-6(2-3-8(9)12)4-7(11)10(13)14;/h2-3,5,7,12H,4,11H2,1H3,(H,13,14);1H/t7-;/m0./s1/i4T;/t4-,7+;/m1.. The Morgan fingerprint density at radius 1 is 1.69 bits per heavy atom. The van der Waals surface area contributed by atoms with E-state index in [1.54, 1.807) is 0 Å². The Morgan fingerprint density at radius 3 is 2.81 bits per heavy atom. The van der Waals surface area contributed by atoms with E-state index >= 15 is 0 Å². The van der Waals surface area contributed by atoms with E-state index < -0.39 is 18.4 Å². The number of aliphatic carboxylic acids is 1. The summed E-state index contributed by atoms with van der Waals surface area (Å²) in [5.74, 6) is -0.964. The average molecular weight is 250 g/mol. The van der Waals surface area contributed by atoms with Crippen molar-refractivity contribution < 1.29 is 39.3 Å². The van der Waals surface area contributed by atoms with Crippen LogP contribution < -0.4 is 22.9 Å². The van der Waals surface area contributed by atoms with E-state index in [9.17, 15) is 9.90 Å². The molecule has 0 saturated carbocycles. The van der Waals surface area contributed by atoms with E-state index in [4.69, 9.17) is 11.2 Å². The molecule has 16 heavy (non-hydrogen) atoms. The molecule has 0 aromatic heterocycles. The highest BCUT2D eigenvalue weighted by Crippen LogP contribution is 2.26. The maximum Gasteiger partial charge on any atom is 0.362 e. The number of phenols is 1. The fraction of sp³-hybridized carbons (Fsp3) is 0.300. The van der Waals surface area contributed by atoms with Crippen LogP contribution in [0.4, 0.5) is 0 Å². The molecular formula is C10H14ClNO4. The second kappa shape index (κ2) is 6.19. The van der Waals surface area contributed by atoms with Gasteiger partial charge in [-0.2, -0.15) is 0 Å². The minimum absolute atomic E-state index is 0. The molecule has 1 rings (SSSR count). The van der Waals surface area contributed by atoms with Crippen LogP contribution in [0.5, 0.6) is 11.5 Å². The number of carboxylic acids is 1. The number of rotatable bonds is 4. The zero-order valence-corrected chi connectivity index (χ0v) is 9.44. The van der Waals surface area contributed by atoms with Crippen molar-refractivity contribution in [1.82, 2.24) is 0 Å². The lowest BCUT2D eigenvalue weighted by Gasteiger charge is -2.07. The van der Waals surface area contributed by atoms with Crippen LogP contribution in [0.25, 0.3) is 0 Å². The van der Waals surface area contributed by atoms with Crippen molar-refractivity contribution in [2.45, 2.75) is 12.4 Å². The number of carboxylic acid groups (broad SMARTS) is 1. The monoisotopic (exact) mass is 249 g/mol. The van der Waals surface area contributed by atoms with Gasteiger partial charge in [-0.05, 0) is 17.7 Å². The summed E-state index contributed by atoms with van der Waals surface area (Å²) in [5.41, 5.74) is 3.84. The Labute approximate surface area is 101 Å². The van der Waals surface area contributed by atoms with Crippen LogP contribution in [0.3, 0.4) is 0 Å². The van der Waals surface area contributed by atoms with Crippen LogP contribution in [0.2, 0.25) is 0 Å². The van der Waals surface area contributed by atoms with Crippen LogP contribution in [-0.2, 0) is 11.2 Å². The van der Waals surface area contributed by atoms with E-state index in [-0.39, 0.29) is 23.9 Å². The molecule has 0 fully saturated rings. The lowest BCUT2D eigenvalue weighted by Crippen LogP contribution is -3.00. The first-order valence-electron chi connectivity index (χ1n) is 4.90. The Bertz CT molecular complexity index is 402. The molecule has 0 aliphatic rings. The Hall–Kier alpha value is -1.46. The van der Waals surface area contributed by atoms with Gasteiger partial charge in [0.05, 0.1) is 7.11 Å². The number of ether oxygens (including phenoxy) is 1. The van der Waals surface area contributed by atoms with Gasteiger partial charge < -0.3 is 33.1 Å². The number of methoxy groups -OCH3 is 1. The van der Waals surface area contributed by atoms with Gasteiger partial charge in [0, 0.05) is 7.77 Å². The molecule has 0 aliphatic heterocycles. The van der Waals surface area contributed by atoms with Gasteiger partial charge >= 0.3 is 5.97 Å². The van der Waals surface area contributed by atoms with Gasteiger partial charge in [-0.1, -0.05) is 6.07 Å². The summed E-state index contributed by atoms with van der Waals surface area (Å²) in [7, 11) is 1.39. The second-order valence-corrected chi connectivity index (χ2v) is 3.04. The molecule has 2 atom stereocenters. The molecule has 0 amide bonds. The fourth-order valence-electron chi connectivity index (χ4n) is 1.10. The van der Waals surface area contributed by atoms with Crippen LogP contribution in [0, 0.1) is 0 Å². The Kier molecular flexibility index (Phi) is 4.88. The molecule has 1 aromatic carbocycles. The van der Waals surface area contributed by atoms with Gasteiger partial charge in [0.25, 0.3) is 0 Å². The maximum atomic E-state index is 10.7. The molecule has 6 heteroatoms. The predicted molar refractivity (Wildman–Crippen MR) is 52.7 cm³/mol. The van der Waals surface area contributed by atoms with Crippen molar-refractivity contribution in [2.24, 2.45) is 0 Å². The number of quaternary nitrogens is 1. The summed E-state index contributed by atoms with van der Waals surface area (Å²) in [6.07, 6.45) is -0.994. The van der Waals surface area contributed by atoms with E-state index in [1.807, 2.05) is 0 Å². The quantitative estimate of drug-likeness (QED) is 0.520. The number of aromatic hydroxyl groups is 1. The highest BCUT2D eigenvalue weighted by atomic mass is 35.5. The number of halogens is 1. The van der Waals surface area contributed by atoms with Gasteiger partial charge in [-0.25, -0.2) is 4.79 Å². The molecule has 5 N–H and O–H groups in total. The van der Waals surface area contributed by atoms with Gasteiger partial charge in [-0.3, -0.25) is 0 Å². The minimum Gasteiger partial charge on any atom is -1.00 e. The van der Waals surface area contributed by atoms with E-state index in [0.717, 1.165) is 0 Å². The number of hydrogen-bond acceptors (Lipinski definition) is 3. The van der Waals surface area contributed by atoms with Crippen molar-refractivity contribution >= 4 is 5.97 Å². The van der Waals surface area contributed by atoms with E-state index in [2.05, 4.69) is 5.73 Å². The van der Waals surface area contributed by atoms with Gasteiger partial charge in [-0.15, -0.1) is 0 Å². The molecule has 0 radical (unpaired) electrons. The molecule has 0 bridgehead atoms. The first kappa shape index (κ1) is 12.6. The number of hydrogen-bond donors (Lipinski definition) is 3. The normalized spacial score (nSPS) is 14.2. The largest absolute Gasteiger partial charge is 1.00 e. The number of carbonyl (C=O) groups is 1. The third kappa shape index (κ3) is 3.60. The van der Waals surface area contributed by atoms with Crippen molar-refractivity contribution in [3.05, 3.63) is 23.8 Å². The molecular weight excluding hydrogens is 234 g/mol. The highest BCUT2D eigenvalue weighted by Gasteiger charge is 2.16. The number of phenolic OH excluding ortho intramolecular Hbond substituents is 1. The zero-order chi connectivity index (χ0) is 12.3. The molecule has 5 nitrogen and oxygen atoms in total. The maximum absolute atomic E-state index is 10.7. The Balaban J connectivity index is 0.00000256. The van der Waals surface area contributed by atoms with Crippen molar-refractivity contribution in [3.63, 3.8) is 0 Å². The lowest BCUT2D eigenvalue weighted by molar-refractivity contribution is -0.407. The minimum atomic E-state index is -1.13. The first-order chi connectivity index (χ1) is 7.47. The second-order valence-electron chi connectivity index (χ2n) is 3.04. The van der Waals surface area contributed by atoms with Gasteiger partial charge in [0.2, 0.25) is 0 Å². The SMILES string of the molecule is [3H][C@H](c1ccc(O)c(OC)c1)[C@H]([NH3+])C(=O)O.[Cl-]. The molecule has 0 heterocycles. The summed E-state index contributed by atoms with van der Waals surface area (Å²) < 4.78 is 12.6. The molecule has 1 aromatic rings. The summed E-state index contributed by atoms with van der Waals surface area (Å²) in [4.78, 5) is 10.7. The number of benzene rings is 1. The van der Waals surface area contributed by atoms with Crippen molar-refractivity contribution in [2.75, 3.05) is 7.11 Å². The molecule has 0 aliphatic carbocycles. The summed E-state index contributed by atoms with van der Waals surface area (Å²) in [6.45, 7) is 0. The molecule has 90 valence electrons. The first-order valence-corrected chi connectivity index (χ1v) is 4.32. The van der Waals surface area contributed by atoms with E-state index in [0.29, 0.717) is 5.56 Å². The smallest absolute Gasteiger partial charge is 0.362 e. The van der Waals surface area contributed by atoms with Crippen LogP contribution >= 0.6 is 0 Å². The van der Waals surface area contributed by atoms with Crippen LogP contribution in [0.15, 0.2) is 18.2 Å². The molecule has 0 unspecified atom stereocenters. The predicted octanol–water partition coefficient (Wildman–Crippen LogP) is -3.36. The lowest BCUT2D eigenvalue weighted by atomic mass is 10.1. The third-order valence-corrected chi connectivity index (χ3v) is 1.91. The van der Waals surface area contributed by atoms with Crippen LogP contribution in [-0.4, -0.2) is 29.3 Å². The fourth-order valence-corrected chi connectivity index (χ4v) is 1.10. The van der Waals surface area contributed by atoms with Gasteiger partial charge in [0.1, 0.15) is 0 Å². The van der Waals surface area contributed by atoms with Crippen molar-refractivity contribution in [1.29, 1.82) is 0 Å². The zero-order valence-electron chi connectivity index (χ0n) is 9.68. The average Bonchev–Trinajstić information content (AvgIpc) is 2.27. The highest BCUT2D eigenvalue weighted by molar-refractivity contribution is 5.72. The third-order valence-electron chi connectivity index (χ3n) is 1.91. The van der Waals surface area contributed by atoms with E-state index in [1.165, 1.54) is 25.3 Å². The molecule has 0 spiro atoms. The van der Waals surface area contributed by atoms with Crippen LogP contribution in [0.1, 0.15) is 6.93 Å². The van der Waals surface area contributed by atoms with Gasteiger partial charge in [0.15, 0.2) is 17.5 Å².